The molecule has 1 atom stereocenters. The molecule has 1 aromatic rings. The van der Waals surface area contributed by atoms with Crippen LogP contribution in [-0.2, 0) is 6.54 Å². The average molecular weight is 278 g/mol. The van der Waals surface area contributed by atoms with Gasteiger partial charge in [-0.3, -0.25) is 4.90 Å². The van der Waals surface area contributed by atoms with Gasteiger partial charge in [-0.1, -0.05) is 12.5 Å². The zero-order chi connectivity index (χ0) is 14.4. The van der Waals surface area contributed by atoms with Crippen molar-refractivity contribution in [1.29, 1.82) is 0 Å². The molecule has 0 saturated carbocycles. The highest BCUT2D eigenvalue weighted by molar-refractivity contribution is 5.41. The van der Waals surface area contributed by atoms with Gasteiger partial charge in [0.05, 0.1) is 6.61 Å². The average Bonchev–Trinajstić information content (AvgIpc) is 2.45. The number of phenolic OH excluding ortho intramolecular Hbond substituents is 1. The molecule has 1 aliphatic rings. The van der Waals surface area contributed by atoms with E-state index in [4.69, 9.17) is 4.74 Å². The van der Waals surface area contributed by atoms with E-state index in [9.17, 15) is 5.11 Å². The topological polar surface area (TPSA) is 44.7 Å². The van der Waals surface area contributed by atoms with Gasteiger partial charge >= 0.3 is 0 Å². The van der Waals surface area contributed by atoms with Crippen molar-refractivity contribution >= 4 is 0 Å². The Morgan fingerprint density at radius 2 is 2.25 bits per heavy atom. The lowest BCUT2D eigenvalue weighted by molar-refractivity contribution is 0.139. The van der Waals surface area contributed by atoms with E-state index in [0.717, 1.165) is 19.6 Å². The van der Waals surface area contributed by atoms with Crippen molar-refractivity contribution in [2.75, 3.05) is 26.7 Å². The van der Waals surface area contributed by atoms with Crippen molar-refractivity contribution in [3.63, 3.8) is 0 Å². The van der Waals surface area contributed by atoms with Crippen LogP contribution >= 0.6 is 0 Å². The van der Waals surface area contributed by atoms with E-state index < -0.39 is 0 Å². The first-order chi connectivity index (χ1) is 9.74. The minimum atomic E-state index is 0.223. The van der Waals surface area contributed by atoms with Gasteiger partial charge in [-0.25, -0.2) is 0 Å². The molecule has 2 N–H and O–H groups in total. The van der Waals surface area contributed by atoms with Gasteiger partial charge in [0.1, 0.15) is 0 Å². The lowest BCUT2D eigenvalue weighted by Crippen LogP contribution is -2.44. The molecule has 0 bridgehead atoms. The van der Waals surface area contributed by atoms with Gasteiger partial charge < -0.3 is 15.2 Å². The van der Waals surface area contributed by atoms with Crippen LogP contribution in [-0.4, -0.2) is 42.8 Å². The van der Waals surface area contributed by atoms with Gasteiger partial charge in [0.25, 0.3) is 0 Å². The molecule has 2 rings (SSSR count). The van der Waals surface area contributed by atoms with Crippen LogP contribution in [0.5, 0.6) is 11.5 Å². The van der Waals surface area contributed by atoms with E-state index in [1.54, 1.807) is 6.07 Å². The third kappa shape index (κ3) is 3.87. The van der Waals surface area contributed by atoms with Crippen molar-refractivity contribution in [3.05, 3.63) is 23.8 Å². The minimum absolute atomic E-state index is 0.223. The third-order valence-corrected chi connectivity index (χ3v) is 3.90. The Kier molecular flexibility index (Phi) is 5.68. The van der Waals surface area contributed by atoms with E-state index >= 15 is 0 Å². The molecule has 0 spiro atoms. The number of ether oxygens (including phenoxy) is 1. The number of benzene rings is 1. The Hall–Kier alpha value is -1.26. The fourth-order valence-electron chi connectivity index (χ4n) is 2.90. The standard InChI is InChI=1S/C16H26N2O2/c1-3-20-16-10-13(7-8-15(16)19)12-18-9-5-4-6-14(18)11-17-2/h7-8,10,14,17,19H,3-6,9,11-12H2,1-2H3. The zero-order valence-electron chi connectivity index (χ0n) is 12.6. The summed E-state index contributed by atoms with van der Waals surface area (Å²) in [4.78, 5) is 2.53. The number of hydrogen-bond donors (Lipinski definition) is 2. The number of aromatic hydroxyl groups is 1. The fourth-order valence-corrected chi connectivity index (χ4v) is 2.90. The van der Waals surface area contributed by atoms with Crippen LogP contribution in [0, 0.1) is 0 Å². The zero-order valence-corrected chi connectivity index (χ0v) is 12.6. The molecule has 1 aromatic carbocycles. The second kappa shape index (κ2) is 7.50. The molecule has 0 aromatic heterocycles. The number of nitrogens with one attached hydrogen (secondary N) is 1. The number of piperidine rings is 1. The molecular formula is C16H26N2O2. The van der Waals surface area contributed by atoms with Crippen molar-refractivity contribution in [2.45, 2.75) is 38.8 Å². The molecule has 1 fully saturated rings. The fraction of sp³-hybridized carbons (Fsp3) is 0.625. The van der Waals surface area contributed by atoms with Crippen molar-refractivity contribution in [3.8, 4) is 11.5 Å². The van der Waals surface area contributed by atoms with Gasteiger partial charge in [-0.2, -0.15) is 0 Å². The molecule has 4 heteroatoms. The summed E-state index contributed by atoms with van der Waals surface area (Å²) in [6, 6.07) is 6.29. The Labute approximate surface area is 121 Å². The predicted molar refractivity (Wildman–Crippen MR) is 81.3 cm³/mol. The number of phenols is 1. The quantitative estimate of drug-likeness (QED) is 0.838. The second-order valence-electron chi connectivity index (χ2n) is 5.41. The summed E-state index contributed by atoms with van der Waals surface area (Å²) in [5.41, 5.74) is 1.20. The van der Waals surface area contributed by atoms with Crippen molar-refractivity contribution < 1.29 is 9.84 Å². The number of likely N-dealkylation sites (N-methyl/N-ethyl adjacent to an activating group) is 1. The maximum atomic E-state index is 9.76. The van der Waals surface area contributed by atoms with E-state index in [1.807, 2.05) is 26.1 Å². The Bertz CT molecular complexity index is 421. The summed E-state index contributed by atoms with van der Waals surface area (Å²) in [6.45, 7) is 5.61. The molecule has 4 nitrogen and oxygen atoms in total. The first-order valence-corrected chi connectivity index (χ1v) is 7.58. The van der Waals surface area contributed by atoms with Gasteiger partial charge in [-0.15, -0.1) is 0 Å². The van der Waals surface area contributed by atoms with Crippen LogP contribution in [0.25, 0.3) is 0 Å². The molecule has 1 unspecified atom stereocenters. The van der Waals surface area contributed by atoms with Crippen LogP contribution in [0.15, 0.2) is 18.2 Å². The van der Waals surface area contributed by atoms with E-state index in [-0.39, 0.29) is 5.75 Å². The highest BCUT2D eigenvalue weighted by atomic mass is 16.5. The first-order valence-electron chi connectivity index (χ1n) is 7.58. The molecule has 0 aliphatic carbocycles. The minimum Gasteiger partial charge on any atom is -0.504 e. The van der Waals surface area contributed by atoms with Crippen LogP contribution in [0.2, 0.25) is 0 Å². The Morgan fingerprint density at radius 3 is 3.00 bits per heavy atom. The third-order valence-electron chi connectivity index (χ3n) is 3.90. The highest BCUT2D eigenvalue weighted by Gasteiger charge is 2.21. The molecule has 112 valence electrons. The molecule has 1 saturated heterocycles. The summed E-state index contributed by atoms with van der Waals surface area (Å²) in [7, 11) is 2.01. The van der Waals surface area contributed by atoms with Crippen molar-refractivity contribution in [2.24, 2.45) is 0 Å². The maximum absolute atomic E-state index is 9.76. The SMILES string of the molecule is CCOc1cc(CN2CCCCC2CNC)ccc1O. The molecule has 1 heterocycles. The van der Waals surface area contributed by atoms with Crippen molar-refractivity contribution in [1.82, 2.24) is 10.2 Å². The summed E-state index contributed by atoms with van der Waals surface area (Å²) in [6.07, 6.45) is 3.86. The molecule has 1 aliphatic heterocycles. The first kappa shape index (κ1) is 15.1. The van der Waals surface area contributed by atoms with Gasteiger partial charge in [-0.05, 0) is 51.1 Å². The number of nitrogens with zero attached hydrogens (tertiary/aromatic N) is 1. The lowest BCUT2D eigenvalue weighted by Gasteiger charge is -2.35. The van der Waals surface area contributed by atoms with Crippen LogP contribution in [0.3, 0.4) is 0 Å². The van der Waals surface area contributed by atoms with Crippen LogP contribution in [0.1, 0.15) is 31.7 Å². The van der Waals surface area contributed by atoms with Gasteiger partial charge in [0.2, 0.25) is 0 Å². The summed E-state index contributed by atoms with van der Waals surface area (Å²) in [5.74, 6) is 0.813. The molecule has 0 radical (unpaired) electrons. The Balaban J connectivity index is 2.05. The highest BCUT2D eigenvalue weighted by Crippen LogP contribution is 2.28. The normalized spacial score (nSPS) is 20.0. The summed E-state index contributed by atoms with van der Waals surface area (Å²) >= 11 is 0. The summed E-state index contributed by atoms with van der Waals surface area (Å²) in [5, 5.41) is 13.0. The van der Waals surface area contributed by atoms with E-state index in [1.165, 1.54) is 24.8 Å². The predicted octanol–water partition coefficient (Wildman–Crippen LogP) is 2.36. The van der Waals surface area contributed by atoms with Crippen LogP contribution < -0.4 is 10.1 Å². The molecule has 0 amide bonds. The number of rotatable bonds is 6. The Morgan fingerprint density at radius 1 is 1.40 bits per heavy atom. The van der Waals surface area contributed by atoms with E-state index in [0.29, 0.717) is 18.4 Å². The second-order valence-corrected chi connectivity index (χ2v) is 5.41. The van der Waals surface area contributed by atoms with Gasteiger partial charge in [0.15, 0.2) is 11.5 Å². The summed E-state index contributed by atoms with van der Waals surface area (Å²) < 4.78 is 5.46. The smallest absolute Gasteiger partial charge is 0.161 e. The monoisotopic (exact) mass is 278 g/mol. The van der Waals surface area contributed by atoms with Gasteiger partial charge in [0, 0.05) is 19.1 Å². The molecular weight excluding hydrogens is 252 g/mol. The lowest BCUT2D eigenvalue weighted by atomic mass is 10.0. The largest absolute Gasteiger partial charge is 0.504 e. The maximum Gasteiger partial charge on any atom is 0.161 e. The van der Waals surface area contributed by atoms with Crippen LogP contribution in [0.4, 0.5) is 0 Å². The number of hydrogen-bond acceptors (Lipinski definition) is 4. The molecule has 20 heavy (non-hydrogen) atoms. The number of likely N-dealkylation sites (tertiary alicyclic amines) is 1. The van der Waals surface area contributed by atoms with E-state index in [2.05, 4.69) is 10.2 Å².